The van der Waals surface area contributed by atoms with Crippen LogP contribution in [0.25, 0.3) is 0 Å². The molecule has 1 aliphatic heterocycles. The number of sulfone groups is 1. The van der Waals surface area contributed by atoms with Crippen molar-refractivity contribution in [1.82, 2.24) is 10.2 Å². The number of nitrogens with one attached hydrogen (secondary N) is 2. The molecule has 0 aromatic heterocycles. The molecule has 2 aromatic carbocycles. The maximum absolute atomic E-state index is 12.4. The molecule has 0 bridgehead atoms. The second-order valence-electron chi connectivity index (χ2n) is 6.63. The van der Waals surface area contributed by atoms with E-state index in [4.69, 9.17) is 0 Å². The molecule has 0 radical (unpaired) electrons. The Kier molecular flexibility index (Phi) is 5.79. The topological polar surface area (TPSA) is 98.7 Å². The minimum Gasteiger partial charge on any atom is -0.507 e. The van der Waals surface area contributed by atoms with Gasteiger partial charge in [-0.05, 0) is 35.9 Å². The maximum Gasteiger partial charge on any atom is 0.255 e. The number of rotatable bonds is 5. The molecule has 1 aliphatic rings. The molecule has 0 saturated carbocycles. The van der Waals surface area contributed by atoms with Gasteiger partial charge in [0.15, 0.2) is 9.84 Å². The SMILES string of the molecule is CS(=O)(=O)c1cc(NC(=O)c2ccc(CN3CCNCC3)cc2)ccc1O. The zero-order valence-electron chi connectivity index (χ0n) is 15.1. The van der Waals surface area contributed by atoms with Gasteiger partial charge in [0.25, 0.3) is 5.91 Å². The summed E-state index contributed by atoms with van der Waals surface area (Å²) in [4.78, 5) is 14.6. The van der Waals surface area contributed by atoms with Crippen molar-refractivity contribution < 1.29 is 18.3 Å². The van der Waals surface area contributed by atoms with E-state index in [0.717, 1.165) is 44.5 Å². The molecule has 0 spiro atoms. The van der Waals surface area contributed by atoms with Crippen molar-refractivity contribution >= 4 is 21.4 Å². The van der Waals surface area contributed by atoms with Crippen LogP contribution in [0, 0.1) is 0 Å². The quantitative estimate of drug-likeness (QED) is 0.670. The first kappa shape index (κ1) is 19.3. The Balaban J connectivity index is 1.67. The van der Waals surface area contributed by atoms with Crippen molar-refractivity contribution in [2.45, 2.75) is 11.4 Å². The van der Waals surface area contributed by atoms with Gasteiger partial charge in [-0.15, -0.1) is 0 Å². The smallest absolute Gasteiger partial charge is 0.255 e. The largest absolute Gasteiger partial charge is 0.507 e. The molecule has 27 heavy (non-hydrogen) atoms. The number of hydrogen-bond donors (Lipinski definition) is 3. The van der Waals surface area contributed by atoms with Crippen LogP contribution in [0.15, 0.2) is 47.4 Å². The summed E-state index contributed by atoms with van der Waals surface area (Å²) in [5, 5.41) is 15.7. The Morgan fingerprint density at radius 1 is 1.15 bits per heavy atom. The maximum atomic E-state index is 12.4. The highest BCUT2D eigenvalue weighted by molar-refractivity contribution is 7.90. The van der Waals surface area contributed by atoms with Gasteiger partial charge in [0.2, 0.25) is 0 Å². The van der Waals surface area contributed by atoms with Crippen LogP contribution in [0.5, 0.6) is 5.75 Å². The first-order chi connectivity index (χ1) is 12.8. The van der Waals surface area contributed by atoms with Crippen LogP contribution in [0.2, 0.25) is 0 Å². The van der Waals surface area contributed by atoms with E-state index in [0.29, 0.717) is 11.3 Å². The van der Waals surface area contributed by atoms with Crippen molar-refractivity contribution in [3.8, 4) is 5.75 Å². The van der Waals surface area contributed by atoms with Gasteiger partial charge >= 0.3 is 0 Å². The molecule has 8 heteroatoms. The average Bonchev–Trinajstić information content (AvgIpc) is 2.64. The molecular formula is C19H23N3O4S. The number of carbonyl (C=O) groups is 1. The van der Waals surface area contributed by atoms with E-state index in [1.54, 1.807) is 12.1 Å². The van der Waals surface area contributed by atoms with Crippen molar-refractivity contribution in [1.29, 1.82) is 0 Å². The number of hydrogen-bond acceptors (Lipinski definition) is 6. The third-order valence-electron chi connectivity index (χ3n) is 4.45. The minimum atomic E-state index is -3.59. The van der Waals surface area contributed by atoms with Gasteiger partial charge in [0, 0.05) is 50.2 Å². The first-order valence-electron chi connectivity index (χ1n) is 8.69. The van der Waals surface area contributed by atoms with Crippen LogP contribution in [0.3, 0.4) is 0 Å². The average molecular weight is 389 g/mol. The normalized spacial score (nSPS) is 15.4. The van der Waals surface area contributed by atoms with E-state index in [-0.39, 0.29) is 16.6 Å². The highest BCUT2D eigenvalue weighted by Crippen LogP contribution is 2.26. The summed E-state index contributed by atoms with van der Waals surface area (Å²) in [6.07, 6.45) is 1.00. The Morgan fingerprint density at radius 3 is 2.44 bits per heavy atom. The van der Waals surface area contributed by atoms with E-state index in [1.807, 2.05) is 12.1 Å². The van der Waals surface area contributed by atoms with Gasteiger partial charge in [-0.25, -0.2) is 8.42 Å². The minimum absolute atomic E-state index is 0.216. The van der Waals surface area contributed by atoms with E-state index in [1.165, 1.54) is 18.2 Å². The van der Waals surface area contributed by atoms with E-state index < -0.39 is 9.84 Å². The van der Waals surface area contributed by atoms with Crippen molar-refractivity contribution in [3.63, 3.8) is 0 Å². The number of nitrogens with zero attached hydrogens (tertiary/aromatic N) is 1. The van der Waals surface area contributed by atoms with E-state index >= 15 is 0 Å². The Hall–Kier alpha value is -2.42. The lowest BCUT2D eigenvalue weighted by molar-refractivity contribution is 0.102. The fraction of sp³-hybridized carbons (Fsp3) is 0.316. The van der Waals surface area contributed by atoms with Crippen LogP contribution >= 0.6 is 0 Å². The van der Waals surface area contributed by atoms with Gasteiger partial charge in [-0.2, -0.15) is 0 Å². The summed E-state index contributed by atoms with van der Waals surface area (Å²) in [6.45, 7) is 4.84. The molecule has 0 atom stereocenters. The molecule has 2 aromatic rings. The standard InChI is InChI=1S/C19H23N3O4S/c1-27(25,26)18-12-16(6-7-17(18)23)21-19(24)15-4-2-14(3-5-15)13-22-10-8-20-9-11-22/h2-7,12,20,23H,8-11,13H2,1H3,(H,21,24). The van der Waals surface area contributed by atoms with Gasteiger partial charge in [-0.3, -0.25) is 9.69 Å². The number of amides is 1. The highest BCUT2D eigenvalue weighted by Gasteiger charge is 2.15. The lowest BCUT2D eigenvalue weighted by Crippen LogP contribution is -2.42. The van der Waals surface area contributed by atoms with Crippen LogP contribution < -0.4 is 10.6 Å². The second kappa shape index (κ2) is 8.08. The number of benzene rings is 2. The molecule has 1 saturated heterocycles. The number of carbonyl (C=O) groups excluding carboxylic acids is 1. The number of aromatic hydroxyl groups is 1. The lowest BCUT2D eigenvalue weighted by atomic mass is 10.1. The van der Waals surface area contributed by atoms with Gasteiger partial charge in [0.05, 0.1) is 0 Å². The van der Waals surface area contributed by atoms with Crippen LogP contribution in [0.1, 0.15) is 15.9 Å². The van der Waals surface area contributed by atoms with Crippen molar-refractivity contribution in [2.75, 3.05) is 37.8 Å². The zero-order valence-corrected chi connectivity index (χ0v) is 15.9. The monoisotopic (exact) mass is 389 g/mol. The predicted molar refractivity (Wildman–Crippen MR) is 104 cm³/mol. The highest BCUT2D eigenvalue weighted by atomic mass is 32.2. The molecule has 3 rings (SSSR count). The molecule has 3 N–H and O–H groups in total. The molecule has 1 heterocycles. The van der Waals surface area contributed by atoms with Gasteiger partial charge in [-0.1, -0.05) is 12.1 Å². The summed E-state index contributed by atoms with van der Waals surface area (Å²) >= 11 is 0. The molecule has 1 fully saturated rings. The molecular weight excluding hydrogens is 366 g/mol. The third-order valence-corrected chi connectivity index (χ3v) is 5.58. The summed E-state index contributed by atoms with van der Waals surface area (Å²) in [6, 6.07) is 11.3. The summed E-state index contributed by atoms with van der Waals surface area (Å²) < 4.78 is 23.4. The second-order valence-corrected chi connectivity index (χ2v) is 8.62. The summed E-state index contributed by atoms with van der Waals surface area (Å²) in [5.41, 5.74) is 1.92. The van der Waals surface area contributed by atoms with Gasteiger partial charge in [0.1, 0.15) is 10.6 Å². The first-order valence-corrected chi connectivity index (χ1v) is 10.6. The Bertz CT molecular complexity index is 920. The van der Waals surface area contributed by atoms with Crippen molar-refractivity contribution in [2.24, 2.45) is 0 Å². The van der Waals surface area contributed by atoms with Gasteiger partial charge < -0.3 is 15.7 Å². The number of anilines is 1. The molecule has 0 unspecified atom stereocenters. The Labute approximate surface area is 158 Å². The molecule has 1 amide bonds. The zero-order chi connectivity index (χ0) is 19.4. The summed E-state index contributed by atoms with van der Waals surface area (Å²) in [7, 11) is -3.59. The third kappa shape index (κ3) is 5.06. The fourth-order valence-electron chi connectivity index (χ4n) is 2.98. The van der Waals surface area contributed by atoms with E-state index in [9.17, 15) is 18.3 Å². The summed E-state index contributed by atoms with van der Waals surface area (Å²) in [5.74, 6) is -0.679. The lowest BCUT2D eigenvalue weighted by Gasteiger charge is -2.27. The van der Waals surface area contributed by atoms with E-state index in [2.05, 4.69) is 15.5 Å². The molecule has 144 valence electrons. The van der Waals surface area contributed by atoms with Crippen LogP contribution in [-0.2, 0) is 16.4 Å². The van der Waals surface area contributed by atoms with Crippen molar-refractivity contribution in [3.05, 3.63) is 53.6 Å². The fourth-order valence-corrected chi connectivity index (χ4v) is 3.77. The Morgan fingerprint density at radius 2 is 1.81 bits per heavy atom. The number of phenols is 1. The molecule has 7 nitrogen and oxygen atoms in total. The predicted octanol–water partition coefficient (Wildman–Crippen LogP) is 1.45. The van der Waals surface area contributed by atoms with Crippen LogP contribution in [-0.4, -0.2) is 56.8 Å². The number of phenolic OH excluding ortho intramolecular Hbond substituents is 1. The van der Waals surface area contributed by atoms with Crippen LogP contribution in [0.4, 0.5) is 5.69 Å². The number of piperazine rings is 1. The molecule has 0 aliphatic carbocycles.